The maximum atomic E-state index is 11.6. The van der Waals surface area contributed by atoms with Crippen LogP contribution in [-0.2, 0) is 0 Å². The normalized spacial score (nSPS) is 9.60. The van der Waals surface area contributed by atoms with Crippen LogP contribution in [0.15, 0.2) is 67.2 Å². The average molecular weight is 409 g/mol. The summed E-state index contributed by atoms with van der Waals surface area (Å²) in [7, 11) is 0. The van der Waals surface area contributed by atoms with Gasteiger partial charge in [0.15, 0.2) is 10.9 Å². The molecule has 0 N–H and O–H groups in total. The van der Waals surface area contributed by atoms with Gasteiger partial charge in [-0.3, -0.25) is 9.59 Å². The van der Waals surface area contributed by atoms with Crippen LogP contribution < -0.4 is 10.9 Å². The van der Waals surface area contributed by atoms with Gasteiger partial charge in [-0.1, -0.05) is 45.4 Å². The van der Waals surface area contributed by atoms with Crippen LogP contribution in [0.3, 0.4) is 0 Å². The van der Waals surface area contributed by atoms with Gasteiger partial charge >= 0.3 is 0 Å². The molecule has 0 amide bonds. The Labute approximate surface area is 178 Å². The predicted octanol–water partition coefficient (Wildman–Crippen LogP) is 6.87. The maximum Gasteiger partial charge on any atom is 0.195 e. The van der Waals surface area contributed by atoms with E-state index in [4.69, 9.17) is 8.83 Å². The SMILES string of the molecule is CC.CC.Cc1ccc2c(=O)c(C)coc2c1.Cc1ccc2oc(C)cc(=O)c2c1. The van der Waals surface area contributed by atoms with Gasteiger partial charge in [-0.15, -0.1) is 0 Å². The fourth-order valence-corrected chi connectivity index (χ4v) is 2.72. The first-order valence-electron chi connectivity index (χ1n) is 10.3. The van der Waals surface area contributed by atoms with Crippen molar-refractivity contribution in [3.63, 3.8) is 0 Å². The Kier molecular flexibility index (Phi) is 9.76. The molecular weight excluding hydrogens is 376 g/mol. The van der Waals surface area contributed by atoms with Gasteiger partial charge in [0.2, 0.25) is 0 Å². The standard InChI is InChI=1S/2C11H10O2.2C2H6/c1-7-3-4-11-9(5-7)10(12)6-8(2)13-11;1-7-3-4-9-10(5-7)13-6-8(2)11(9)12;2*1-2/h2*3-6H,1-2H3;2*1-2H3. The van der Waals surface area contributed by atoms with Crippen LogP contribution in [0.2, 0.25) is 0 Å². The van der Waals surface area contributed by atoms with Crippen molar-refractivity contribution in [1.82, 2.24) is 0 Å². The van der Waals surface area contributed by atoms with E-state index in [2.05, 4.69) is 0 Å². The van der Waals surface area contributed by atoms with E-state index in [0.29, 0.717) is 33.3 Å². The molecule has 0 saturated heterocycles. The molecular formula is C26H32O4. The zero-order chi connectivity index (χ0) is 22.8. The topological polar surface area (TPSA) is 60.4 Å². The van der Waals surface area contributed by atoms with Crippen LogP contribution in [0.5, 0.6) is 0 Å². The Bertz CT molecular complexity index is 1200. The van der Waals surface area contributed by atoms with E-state index in [-0.39, 0.29) is 10.9 Å². The summed E-state index contributed by atoms with van der Waals surface area (Å²) in [5.74, 6) is 0.654. The Morgan fingerprint density at radius 3 is 1.93 bits per heavy atom. The van der Waals surface area contributed by atoms with Crippen molar-refractivity contribution in [3.8, 4) is 0 Å². The maximum absolute atomic E-state index is 11.6. The highest BCUT2D eigenvalue weighted by Gasteiger charge is 2.02. The van der Waals surface area contributed by atoms with Gasteiger partial charge in [-0.2, -0.15) is 0 Å². The van der Waals surface area contributed by atoms with Gasteiger partial charge in [0.05, 0.1) is 17.0 Å². The summed E-state index contributed by atoms with van der Waals surface area (Å²) in [5.41, 5.74) is 4.23. The summed E-state index contributed by atoms with van der Waals surface area (Å²) in [4.78, 5) is 23.1. The molecule has 0 atom stereocenters. The van der Waals surface area contributed by atoms with E-state index in [1.54, 1.807) is 13.8 Å². The van der Waals surface area contributed by atoms with Crippen molar-refractivity contribution in [2.45, 2.75) is 55.4 Å². The van der Waals surface area contributed by atoms with Crippen molar-refractivity contribution < 1.29 is 8.83 Å². The lowest BCUT2D eigenvalue weighted by atomic mass is 10.1. The largest absolute Gasteiger partial charge is 0.464 e. The summed E-state index contributed by atoms with van der Waals surface area (Å²) < 4.78 is 10.7. The van der Waals surface area contributed by atoms with Crippen molar-refractivity contribution in [1.29, 1.82) is 0 Å². The number of fused-ring (bicyclic) bond motifs is 2. The first-order valence-corrected chi connectivity index (χ1v) is 10.3. The second kappa shape index (κ2) is 11.8. The van der Waals surface area contributed by atoms with Crippen LogP contribution in [0, 0.1) is 27.7 Å². The predicted molar refractivity (Wildman–Crippen MR) is 127 cm³/mol. The second-order valence-electron chi connectivity index (χ2n) is 6.47. The molecule has 0 fully saturated rings. The summed E-state index contributed by atoms with van der Waals surface area (Å²) in [6.45, 7) is 15.5. The first-order chi connectivity index (χ1) is 14.3. The molecule has 160 valence electrons. The highest BCUT2D eigenvalue weighted by Crippen LogP contribution is 2.13. The lowest BCUT2D eigenvalue weighted by Crippen LogP contribution is -2.03. The van der Waals surface area contributed by atoms with Crippen LogP contribution in [0.4, 0.5) is 0 Å². The first kappa shape index (κ1) is 24.9. The van der Waals surface area contributed by atoms with Gasteiger partial charge in [-0.25, -0.2) is 0 Å². The molecule has 4 heteroatoms. The molecule has 0 unspecified atom stereocenters. The highest BCUT2D eigenvalue weighted by atomic mass is 16.3. The Balaban J connectivity index is 0.000000258. The minimum Gasteiger partial charge on any atom is -0.464 e. The fraction of sp³-hybridized carbons (Fsp3) is 0.308. The van der Waals surface area contributed by atoms with Gasteiger partial charge < -0.3 is 8.83 Å². The molecule has 0 bridgehead atoms. The van der Waals surface area contributed by atoms with Crippen molar-refractivity contribution >= 4 is 21.9 Å². The molecule has 0 aliphatic heterocycles. The smallest absolute Gasteiger partial charge is 0.195 e. The molecule has 0 radical (unpaired) electrons. The molecule has 4 nitrogen and oxygen atoms in total. The minimum atomic E-state index is 0.0300. The van der Waals surface area contributed by atoms with Crippen LogP contribution in [-0.4, -0.2) is 0 Å². The molecule has 4 aromatic rings. The lowest BCUT2D eigenvalue weighted by Gasteiger charge is -1.98. The van der Waals surface area contributed by atoms with E-state index < -0.39 is 0 Å². The number of hydrogen-bond donors (Lipinski definition) is 0. The van der Waals surface area contributed by atoms with Crippen LogP contribution >= 0.6 is 0 Å². The average Bonchev–Trinajstić information content (AvgIpc) is 2.75. The quantitative estimate of drug-likeness (QED) is 0.318. The van der Waals surface area contributed by atoms with Crippen LogP contribution in [0.25, 0.3) is 21.9 Å². The van der Waals surface area contributed by atoms with Gasteiger partial charge in [0, 0.05) is 11.6 Å². The molecule has 30 heavy (non-hydrogen) atoms. The summed E-state index contributed by atoms with van der Waals surface area (Å²) >= 11 is 0. The zero-order valence-electron chi connectivity index (χ0n) is 19.3. The van der Waals surface area contributed by atoms with E-state index in [9.17, 15) is 9.59 Å². The second-order valence-corrected chi connectivity index (χ2v) is 6.47. The monoisotopic (exact) mass is 408 g/mol. The summed E-state index contributed by atoms with van der Waals surface area (Å²) in [5, 5.41) is 1.32. The summed E-state index contributed by atoms with van der Waals surface area (Å²) in [6.07, 6.45) is 1.50. The van der Waals surface area contributed by atoms with Crippen molar-refractivity contribution in [2.75, 3.05) is 0 Å². The molecule has 0 aliphatic carbocycles. The third-order valence-corrected chi connectivity index (χ3v) is 4.11. The number of rotatable bonds is 0. The van der Waals surface area contributed by atoms with E-state index in [1.165, 1.54) is 12.3 Å². The molecule has 4 rings (SSSR count). The molecule has 2 aromatic carbocycles. The number of benzene rings is 2. The highest BCUT2D eigenvalue weighted by molar-refractivity contribution is 5.77. The van der Waals surface area contributed by atoms with Gasteiger partial charge in [0.1, 0.15) is 16.9 Å². The third kappa shape index (κ3) is 6.18. The fourth-order valence-electron chi connectivity index (χ4n) is 2.72. The Morgan fingerprint density at radius 2 is 1.27 bits per heavy atom. The number of hydrogen-bond acceptors (Lipinski definition) is 4. The summed E-state index contributed by atoms with van der Waals surface area (Å²) in [6, 6.07) is 12.7. The van der Waals surface area contributed by atoms with E-state index in [1.807, 2.05) is 77.9 Å². The van der Waals surface area contributed by atoms with E-state index in [0.717, 1.165) is 11.1 Å². The molecule has 0 spiro atoms. The molecule has 2 aromatic heterocycles. The molecule has 0 aliphatic rings. The minimum absolute atomic E-state index is 0.0300. The van der Waals surface area contributed by atoms with Crippen LogP contribution in [0.1, 0.15) is 50.1 Å². The molecule has 0 saturated carbocycles. The Morgan fingerprint density at radius 1 is 0.667 bits per heavy atom. The van der Waals surface area contributed by atoms with Gasteiger partial charge in [0.25, 0.3) is 0 Å². The Hall–Kier alpha value is -3.14. The van der Waals surface area contributed by atoms with Gasteiger partial charge in [-0.05, 0) is 57.5 Å². The van der Waals surface area contributed by atoms with E-state index >= 15 is 0 Å². The van der Waals surface area contributed by atoms with Crippen molar-refractivity contribution in [2.24, 2.45) is 0 Å². The van der Waals surface area contributed by atoms with Crippen molar-refractivity contribution in [3.05, 3.63) is 91.6 Å². The third-order valence-electron chi connectivity index (χ3n) is 4.11. The lowest BCUT2D eigenvalue weighted by molar-refractivity contribution is 0.564. The zero-order valence-corrected chi connectivity index (χ0v) is 19.3. The molecule has 2 heterocycles. The number of aryl methyl sites for hydroxylation is 4.